The normalized spacial score (nSPS) is 10.2. The molecule has 1 heterocycles. The predicted molar refractivity (Wildman–Crippen MR) is 58.5 cm³/mol. The lowest BCUT2D eigenvalue weighted by atomic mass is 10.2. The number of halogens is 3. The third-order valence-electron chi connectivity index (χ3n) is 2.14. The molecule has 1 aromatic carbocycles. The molecule has 92 valence electrons. The molecule has 0 atom stereocenters. The van der Waals surface area contributed by atoms with Crippen molar-refractivity contribution in [1.29, 1.82) is 0 Å². The van der Waals surface area contributed by atoms with Gasteiger partial charge in [0.1, 0.15) is 23.3 Å². The van der Waals surface area contributed by atoms with Crippen molar-refractivity contribution in [3.8, 4) is 0 Å². The van der Waals surface area contributed by atoms with E-state index in [1.54, 1.807) is 0 Å². The van der Waals surface area contributed by atoms with Gasteiger partial charge in [0.05, 0.1) is 11.8 Å². The van der Waals surface area contributed by atoms with E-state index in [-0.39, 0.29) is 11.4 Å². The van der Waals surface area contributed by atoms with E-state index in [9.17, 15) is 18.0 Å². The van der Waals surface area contributed by atoms with Gasteiger partial charge in [-0.25, -0.2) is 18.2 Å². The smallest absolute Gasteiger partial charge is 0.259 e. The number of carbonyl (C=O) groups excluding carboxylic acids is 1. The number of nitrogens with one attached hydrogen (secondary N) is 1. The number of hydrogen-bond donors (Lipinski definition) is 1. The zero-order chi connectivity index (χ0) is 13.1. The number of aromatic nitrogens is 1. The van der Waals surface area contributed by atoms with E-state index in [1.807, 2.05) is 0 Å². The topological polar surface area (TPSA) is 42.0 Å². The number of pyridine rings is 1. The quantitative estimate of drug-likeness (QED) is 0.892. The Labute approximate surface area is 100 Å². The van der Waals surface area contributed by atoms with Crippen molar-refractivity contribution in [2.45, 2.75) is 0 Å². The summed E-state index contributed by atoms with van der Waals surface area (Å²) in [7, 11) is 0. The molecular formula is C12H7F3N2O. The Morgan fingerprint density at radius 1 is 1.06 bits per heavy atom. The first-order valence-corrected chi connectivity index (χ1v) is 4.94. The Bertz CT molecular complexity index is 584. The minimum absolute atomic E-state index is 0.0742. The summed E-state index contributed by atoms with van der Waals surface area (Å²) in [4.78, 5) is 15.2. The van der Waals surface area contributed by atoms with Gasteiger partial charge in [0.15, 0.2) is 0 Å². The minimum atomic E-state index is -0.977. The molecule has 0 spiro atoms. The van der Waals surface area contributed by atoms with Crippen molar-refractivity contribution in [2.24, 2.45) is 0 Å². The van der Waals surface area contributed by atoms with Gasteiger partial charge < -0.3 is 5.32 Å². The van der Waals surface area contributed by atoms with Crippen LogP contribution >= 0.6 is 0 Å². The number of amides is 1. The molecule has 0 unspecified atom stereocenters. The van der Waals surface area contributed by atoms with E-state index < -0.39 is 23.4 Å². The maximum atomic E-state index is 13.3. The molecule has 1 amide bonds. The van der Waals surface area contributed by atoms with Crippen LogP contribution in [0.2, 0.25) is 0 Å². The number of nitrogens with zero attached hydrogens (tertiary/aromatic N) is 1. The first-order valence-electron chi connectivity index (χ1n) is 4.94. The standard InChI is InChI=1S/C12H7F3N2O/c13-7-1-3-9(10(15)5-7)12(18)17-11-4-2-8(14)6-16-11/h1-6H,(H,16,17,18). The zero-order valence-corrected chi connectivity index (χ0v) is 8.95. The molecular weight excluding hydrogens is 245 g/mol. The fourth-order valence-electron chi connectivity index (χ4n) is 1.31. The van der Waals surface area contributed by atoms with Crippen molar-refractivity contribution in [2.75, 3.05) is 5.32 Å². The highest BCUT2D eigenvalue weighted by atomic mass is 19.1. The molecule has 1 N–H and O–H groups in total. The van der Waals surface area contributed by atoms with Gasteiger partial charge in [0.2, 0.25) is 0 Å². The Morgan fingerprint density at radius 3 is 2.39 bits per heavy atom. The van der Waals surface area contributed by atoms with Gasteiger partial charge in [-0.15, -0.1) is 0 Å². The summed E-state index contributed by atoms with van der Waals surface area (Å²) in [6.45, 7) is 0. The van der Waals surface area contributed by atoms with Crippen LogP contribution in [0.15, 0.2) is 36.5 Å². The molecule has 0 saturated heterocycles. The Kier molecular flexibility index (Phi) is 3.27. The molecule has 18 heavy (non-hydrogen) atoms. The lowest BCUT2D eigenvalue weighted by molar-refractivity contribution is 0.102. The Hall–Kier alpha value is -2.37. The van der Waals surface area contributed by atoms with E-state index in [4.69, 9.17) is 0 Å². The first kappa shape index (κ1) is 12.1. The molecule has 0 aliphatic carbocycles. The third kappa shape index (κ3) is 2.65. The van der Waals surface area contributed by atoms with Crippen molar-refractivity contribution in [1.82, 2.24) is 4.98 Å². The van der Waals surface area contributed by atoms with E-state index in [0.29, 0.717) is 6.07 Å². The molecule has 0 aliphatic rings. The van der Waals surface area contributed by atoms with Crippen molar-refractivity contribution < 1.29 is 18.0 Å². The summed E-state index contributed by atoms with van der Waals surface area (Å²) >= 11 is 0. The molecule has 0 aliphatic heterocycles. The van der Waals surface area contributed by atoms with Crippen LogP contribution in [-0.2, 0) is 0 Å². The Morgan fingerprint density at radius 2 is 1.78 bits per heavy atom. The van der Waals surface area contributed by atoms with E-state index >= 15 is 0 Å². The summed E-state index contributed by atoms with van der Waals surface area (Å²) in [5.74, 6) is -3.02. The summed E-state index contributed by atoms with van der Waals surface area (Å²) in [5, 5.41) is 2.27. The van der Waals surface area contributed by atoms with E-state index in [0.717, 1.165) is 24.4 Å². The fraction of sp³-hybridized carbons (Fsp3) is 0. The molecule has 0 saturated carbocycles. The largest absolute Gasteiger partial charge is 0.306 e. The second kappa shape index (κ2) is 4.87. The summed E-state index contributed by atoms with van der Waals surface area (Å²) in [6.07, 6.45) is 0.913. The number of hydrogen-bond acceptors (Lipinski definition) is 2. The zero-order valence-electron chi connectivity index (χ0n) is 8.95. The molecule has 6 heteroatoms. The molecule has 0 bridgehead atoms. The predicted octanol–water partition coefficient (Wildman–Crippen LogP) is 2.75. The molecule has 0 fully saturated rings. The molecule has 0 radical (unpaired) electrons. The number of benzene rings is 1. The van der Waals surface area contributed by atoms with Crippen molar-refractivity contribution in [3.63, 3.8) is 0 Å². The van der Waals surface area contributed by atoms with Crippen LogP contribution in [0.3, 0.4) is 0 Å². The highest BCUT2D eigenvalue weighted by Crippen LogP contribution is 2.12. The monoisotopic (exact) mass is 252 g/mol. The highest BCUT2D eigenvalue weighted by molar-refractivity contribution is 6.03. The lowest BCUT2D eigenvalue weighted by Crippen LogP contribution is -2.14. The maximum Gasteiger partial charge on any atom is 0.259 e. The lowest BCUT2D eigenvalue weighted by Gasteiger charge is -2.05. The van der Waals surface area contributed by atoms with Gasteiger partial charge in [-0.1, -0.05) is 0 Å². The first-order chi connectivity index (χ1) is 8.56. The van der Waals surface area contributed by atoms with Crippen LogP contribution in [0.25, 0.3) is 0 Å². The summed E-state index contributed by atoms with van der Waals surface area (Å²) < 4.78 is 38.5. The fourth-order valence-corrected chi connectivity index (χ4v) is 1.31. The van der Waals surface area contributed by atoms with Gasteiger partial charge in [0.25, 0.3) is 5.91 Å². The second-order valence-corrected chi connectivity index (χ2v) is 3.44. The van der Waals surface area contributed by atoms with Crippen LogP contribution in [0.1, 0.15) is 10.4 Å². The summed E-state index contributed by atoms with van der Waals surface area (Å²) in [5.41, 5.74) is -0.317. The molecule has 2 rings (SSSR count). The molecule has 2 aromatic rings. The van der Waals surface area contributed by atoms with E-state index in [2.05, 4.69) is 10.3 Å². The second-order valence-electron chi connectivity index (χ2n) is 3.44. The van der Waals surface area contributed by atoms with Crippen LogP contribution in [0.5, 0.6) is 0 Å². The van der Waals surface area contributed by atoms with Gasteiger partial charge in [-0.2, -0.15) is 0 Å². The van der Waals surface area contributed by atoms with Crippen LogP contribution in [0, 0.1) is 17.5 Å². The molecule has 1 aromatic heterocycles. The van der Waals surface area contributed by atoms with Crippen molar-refractivity contribution in [3.05, 3.63) is 59.5 Å². The Balaban J connectivity index is 2.19. The van der Waals surface area contributed by atoms with Gasteiger partial charge in [-0.05, 0) is 24.3 Å². The third-order valence-corrected chi connectivity index (χ3v) is 2.14. The van der Waals surface area contributed by atoms with Gasteiger partial charge in [-0.3, -0.25) is 4.79 Å². The SMILES string of the molecule is O=C(Nc1ccc(F)cn1)c1ccc(F)cc1F. The number of anilines is 1. The van der Waals surface area contributed by atoms with Crippen LogP contribution < -0.4 is 5.32 Å². The van der Waals surface area contributed by atoms with Crippen molar-refractivity contribution >= 4 is 11.7 Å². The minimum Gasteiger partial charge on any atom is -0.306 e. The summed E-state index contributed by atoms with van der Waals surface area (Å²) in [6, 6.07) is 4.92. The van der Waals surface area contributed by atoms with Crippen LogP contribution in [0.4, 0.5) is 19.0 Å². The maximum absolute atomic E-state index is 13.3. The van der Waals surface area contributed by atoms with E-state index in [1.165, 1.54) is 6.07 Å². The number of rotatable bonds is 2. The van der Waals surface area contributed by atoms with Crippen LogP contribution in [-0.4, -0.2) is 10.9 Å². The average Bonchev–Trinajstić information content (AvgIpc) is 2.32. The number of carbonyl (C=O) groups is 1. The van der Waals surface area contributed by atoms with Gasteiger partial charge >= 0.3 is 0 Å². The van der Waals surface area contributed by atoms with Gasteiger partial charge in [0, 0.05) is 6.07 Å². The molecule has 3 nitrogen and oxygen atoms in total. The average molecular weight is 252 g/mol. The highest BCUT2D eigenvalue weighted by Gasteiger charge is 2.12.